The highest BCUT2D eigenvalue weighted by molar-refractivity contribution is 6.11. The minimum Gasteiger partial charge on any atom is -0.405 e. The van der Waals surface area contributed by atoms with Crippen LogP contribution in [-0.2, 0) is 9.53 Å². The van der Waals surface area contributed by atoms with Gasteiger partial charge in [-0.25, -0.2) is 9.79 Å². The lowest BCUT2D eigenvalue weighted by Gasteiger charge is -2.05. The molecule has 1 aliphatic heterocycles. The fourth-order valence-electron chi connectivity index (χ4n) is 2.20. The first-order chi connectivity index (χ1) is 10.7. The summed E-state index contributed by atoms with van der Waals surface area (Å²) in [5.41, 5.74) is 1.89. The molecule has 0 amide bonds. The van der Waals surface area contributed by atoms with Crippen molar-refractivity contribution >= 4 is 18.1 Å². The molecule has 0 bridgehead atoms. The van der Waals surface area contributed by atoms with Crippen LogP contribution >= 0.6 is 0 Å². The third-order valence-corrected chi connectivity index (χ3v) is 3.45. The van der Waals surface area contributed by atoms with Crippen molar-refractivity contribution in [2.75, 3.05) is 0 Å². The van der Waals surface area contributed by atoms with Gasteiger partial charge in [0.1, 0.15) is 0 Å². The van der Waals surface area contributed by atoms with Gasteiger partial charge >= 0.3 is 5.97 Å². The first-order valence-electron chi connectivity index (χ1n) is 7.17. The van der Waals surface area contributed by atoms with Gasteiger partial charge < -0.3 is 4.74 Å². The molecule has 0 saturated carbocycles. The third-order valence-electron chi connectivity index (χ3n) is 3.45. The number of ether oxygens (including phenoxy) is 1. The van der Waals surface area contributed by atoms with Crippen molar-refractivity contribution in [2.45, 2.75) is 19.0 Å². The lowest BCUT2D eigenvalue weighted by atomic mass is 10.1. The maximum absolute atomic E-state index is 11.9. The SMILES string of the molecule is C[C@@H](N=CC1N=C(c2ccccc2)OC1=O)c1ccccc1. The fraction of sp³-hybridized carbons (Fsp3) is 0.167. The molecule has 110 valence electrons. The van der Waals surface area contributed by atoms with Gasteiger partial charge in [0.15, 0.2) is 6.04 Å². The second-order valence-electron chi connectivity index (χ2n) is 5.05. The van der Waals surface area contributed by atoms with Crippen LogP contribution in [0.1, 0.15) is 24.1 Å². The predicted molar refractivity (Wildman–Crippen MR) is 86.2 cm³/mol. The van der Waals surface area contributed by atoms with Crippen LogP contribution < -0.4 is 0 Å². The molecule has 22 heavy (non-hydrogen) atoms. The number of hydrogen-bond donors (Lipinski definition) is 0. The number of esters is 1. The summed E-state index contributed by atoms with van der Waals surface area (Å²) in [6.45, 7) is 1.98. The fourth-order valence-corrected chi connectivity index (χ4v) is 2.20. The third kappa shape index (κ3) is 3.11. The number of aliphatic imine (C=N–C) groups is 2. The van der Waals surface area contributed by atoms with E-state index in [1.54, 1.807) is 6.21 Å². The van der Waals surface area contributed by atoms with E-state index in [1.807, 2.05) is 67.6 Å². The number of hydrogen-bond acceptors (Lipinski definition) is 4. The molecule has 2 aromatic rings. The predicted octanol–water partition coefficient (Wildman–Crippen LogP) is 3.19. The Morgan fingerprint density at radius 2 is 1.73 bits per heavy atom. The molecule has 4 nitrogen and oxygen atoms in total. The largest absolute Gasteiger partial charge is 0.405 e. The molecule has 1 unspecified atom stereocenters. The van der Waals surface area contributed by atoms with Gasteiger partial charge in [-0.1, -0.05) is 48.5 Å². The van der Waals surface area contributed by atoms with E-state index in [0.29, 0.717) is 5.90 Å². The molecular weight excluding hydrogens is 276 g/mol. The number of benzene rings is 2. The Morgan fingerprint density at radius 1 is 1.09 bits per heavy atom. The Morgan fingerprint density at radius 3 is 2.41 bits per heavy atom. The second-order valence-corrected chi connectivity index (χ2v) is 5.05. The van der Waals surface area contributed by atoms with E-state index in [4.69, 9.17) is 4.74 Å². The van der Waals surface area contributed by atoms with Crippen LogP contribution in [0, 0.1) is 0 Å². The normalized spacial score (nSPS) is 19.0. The molecule has 0 aromatic heterocycles. The highest BCUT2D eigenvalue weighted by atomic mass is 16.6. The molecule has 0 fully saturated rings. The van der Waals surface area contributed by atoms with Crippen LogP contribution in [0.25, 0.3) is 0 Å². The van der Waals surface area contributed by atoms with Gasteiger partial charge in [-0.05, 0) is 24.6 Å². The second kappa shape index (κ2) is 6.35. The van der Waals surface area contributed by atoms with E-state index in [9.17, 15) is 4.79 Å². The van der Waals surface area contributed by atoms with Crippen LogP contribution in [0.4, 0.5) is 0 Å². The molecule has 4 heteroatoms. The van der Waals surface area contributed by atoms with Gasteiger partial charge in [-0.2, -0.15) is 0 Å². The molecule has 0 N–H and O–H groups in total. The van der Waals surface area contributed by atoms with Gasteiger partial charge in [0.25, 0.3) is 0 Å². The summed E-state index contributed by atoms with van der Waals surface area (Å²) in [5, 5.41) is 0. The zero-order chi connectivity index (χ0) is 15.4. The van der Waals surface area contributed by atoms with E-state index >= 15 is 0 Å². The average molecular weight is 292 g/mol. The monoisotopic (exact) mass is 292 g/mol. The van der Waals surface area contributed by atoms with Crippen molar-refractivity contribution in [1.29, 1.82) is 0 Å². The average Bonchev–Trinajstić information content (AvgIpc) is 2.95. The Labute approximate surface area is 129 Å². The zero-order valence-corrected chi connectivity index (χ0v) is 12.2. The van der Waals surface area contributed by atoms with Crippen LogP contribution in [0.2, 0.25) is 0 Å². The molecule has 0 spiro atoms. The first-order valence-corrected chi connectivity index (χ1v) is 7.17. The molecule has 3 rings (SSSR count). The smallest absolute Gasteiger partial charge is 0.343 e. The number of rotatable bonds is 4. The Hall–Kier alpha value is -2.75. The van der Waals surface area contributed by atoms with Gasteiger partial charge in [0, 0.05) is 11.8 Å². The van der Waals surface area contributed by atoms with Crippen LogP contribution in [0.15, 0.2) is 70.6 Å². The lowest BCUT2D eigenvalue weighted by Crippen LogP contribution is -2.16. The maximum atomic E-state index is 11.9. The topological polar surface area (TPSA) is 51.0 Å². The van der Waals surface area contributed by atoms with E-state index in [-0.39, 0.29) is 12.0 Å². The molecule has 0 aliphatic carbocycles. The van der Waals surface area contributed by atoms with Crippen molar-refractivity contribution in [3.05, 3.63) is 71.8 Å². The molecule has 2 aromatic carbocycles. The Kier molecular flexibility index (Phi) is 4.10. The van der Waals surface area contributed by atoms with Gasteiger partial charge in [0.2, 0.25) is 5.90 Å². The number of carbonyl (C=O) groups excluding carboxylic acids is 1. The van der Waals surface area contributed by atoms with Crippen molar-refractivity contribution in [2.24, 2.45) is 9.98 Å². The van der Waals surface area contributed by atoms with Crippen molar-refractivity contribution in [3.63, 3.8) is 0 Å². The minimum atomic E-state index is -0.665. The number of carbonyl (C=O) groups is 1. The number of nitrogens with zero attached hydrogens (tertiary/aromatic N) is 2. The van der Waals surface area contributed by atoms with Crippen molar-refractivity contribution < 1.29 is 9.53 Å². The highest BCUT2D eigenvalue weighted by Crippen LogP contribution is 2.17. The maximum Gasteiger partial charge on any atom is 0.343 e. The number of cyclic esters (lactones) is 1. The standard InChI is InChI=1S/C18H16N2O2/c1-13(14-8-4-2-5-9-14)19-12-16-18(21)22-17(20-16)15-10-6-3-7-11-15/h2-13,16H,1H3/t13-,16?/m1/s1. The Balaban J connectivity index is 1.74. The molecule has 2 atom stereocenters. The van der Waals surface area contributed by atoms with Crippen LogP contribution in [0.3, 0.4) is 0 Å². The highest BCUT2D eigenvalue weighted by Gasteiger charge is 2.28. The Bertz CT molecular complexity index is 708. The van der Waals surface area contributed by atoms with E-state index in [2.05, 4.69) is 9.98 Å². The summed E-state index contributed by atoms with van der Waals surface area (Å²) in [4.78, 5) is 20.6. The van der Waals surface area contributed by atoms with Gasteiger partial charge in [-0.15, -0.1) is 0 Å². The summed E-state index contributed by atoms with van der Waals surface area (Å²) >= 11 is 0. The summed E-state index contributed by atoms with van der Waals surface area (Å²) in [7, 11) is 0. The van der Waals surface area contributed by atoms with Crippen LogP contribution in [-0.4, -0.2) is 24.1 Å². The van der Waals surface area contributed by atoms with E-state index in [0.717, 1.165) is 11.1 Å². The van der Waals surface area contributed by atoms with Crippen molar-refractivity contribution in [3.8, 4) is 0 Å². The van der Waals surface area contributed by atoms with Crippen LogP contribution in [0.5, 0.6) is 0 Å². The minimum absolute atomic E-state index is 0.0232. The lowest BCUT2D eigenvalue weighted by molar-refractivity contribution is -0.133. The van der Waals surface area contributed by atoms with E-state index in [1.165, 1.54) is 0 Å². The van der Waals surface area contributed by atoms with E-state index < -0.39 is 6.04 Å². The quantitative estimate of drug-likeness (QED) is 0.642. The summed E-state index contributed by atoms with van der Waals surface area (Å²) in [6.07, 6.45) is 1.57. The van der Waals surface area contributed by atoms with Gasteiger partial charge in [0.05, 0.1) is 6.04 Å². The first kappa shape index (κ1) is 14.2. The van der Waals surface area contributed by atoms with Gasteiger partial charge in [-0.3, -0.25) is 4.99 Å². The molecule has 0 radical (unpaired) electrons. The summed E-state index contributed by atoms with van der Waals surface area (Å²) in [5.74, 6) is -0.0303. The molecular formula is C18H16N2O2. The molecule has 1 heterocycles. The van der Waals surface area contributed by atoms with Crippen molar-refractivity contribution in [1.82, 2.24) is 0 Å². The molecule has 0 saturated heterocycles. The molecule has 1 aliphatic rings. The summed E-state index contributed by atoms with van der Waals surface area (Å²) < 4.78 is 5.22. The summed E-state index contributed by atoms with van der Waals surface area (Å²) in [6, 6.07) is 18.6. The zero-order valence-electron chi connectivity index (χ0n) is 12.2.